The number of phenolic OH excluding ortho intramolecular Hbond substituents is 2. The Morgan fingerprint density at radius 2 is 1.89 bits per heavy atom. The second kappa shape index (κ2) is 4.89. The average molecular weight is 278 g/mol. The largest absolute Gasteiger partial charge is 0.508 e. The number of nitrogens with one attached hydrogen (secondary N) is 1. The summed E-state index contributed by atoms with van der Waals surface area (Å²) in [6.45, 7) is 3.68. The highest BCUT2D eigenvalue weighted by Gasteiger charge is 2.26. The third-order valence-electron chi connectivity index (χ3n) is 2.56. The summed E-state index contributed by atoms with van der Waals surface area (Å²) in [6, 6.07) is 3.77. The predicted octanol–water partition coefficient (Wildman–Crippen LogP) is 2.22. The van der Waals surface area contributed by atoms with Crippen molar-refractivity contribution in [3.8, 4) is 11.5 Å². The Balaban J connectivity index is 2.21. The van der Waals surface area contributed by atoms with Gasteiger partial charge in [-0.15, -0.1) is 11.3 Å². The molecule has 5 nitrogen and oxygen atoms in total. The molecule has 0 atom stereocenters. The lowest BCUT2D eigenvalue weighted by Crippen LogP contribution is -2.40. The van der Waals surface area contributed by atoms with Gasteiger partial charge in [0.25, 0.3) is 5.91 Å². The lowest BCUT2D eigenvalue weighted by Gasteiger charge is -2.23. The van der Waals surface area contributed by atoms with Crippen LogP contribution < -0.4 is 5.32 Å². The second-order valence-electron chi connectivity index (χ2n) is 4.65. The van der Waals surface area contributed by atoms with Crippen molar-refractivity contribution in [2.75, 3.05) is 0 Å². The first-order valence-corrected chi connectivity index (χ1v) is 6.52. The molecule has 3 N–H and O–H groups in total. The smallest absolute Gasteiger partial charge is 0.252 e. The van der Waals surface area contributed by atoms with Crippen LogP contribution in [0.2, 0.25) is 0 Å². The van der Waals surface area contributed by atoms with Gasteiger partial charge in [0.2, 0.25) is 0 Å². The fraction of sp³-hybridized carbons (Fsp3) is 0.231. The first kappa shape index (κ1) is 13.4. The van der Waals surface area contributed by atoms with Gasteiger partial charge >= 0.3 is 0 Å². The Kier molecular flexibility index (Phi) is 3.44. The summed E-state index contributed by atoms with van der Waals surface area (Å²) in [7, 11) is 0. The van der Waals surface area contributed by atoms with Crippen LogP contribution in [0.4, 0.5) is 0 Å². The highest BCUT2D eigenvalue weighted by molar-refractivity contribution is 7.09. The molecule has 0 radical (unpaired) electrons. The van der Waals surface area contributed by atoms with Crippen molar-refractivity contribution in [2.24, 2.45) is 0 Å². The van der Waals surface area contributed by atoms with E-state index in [0.29, 0.717) is 0 Å². The minimum Gasteiger partial charge on any atom is -0.508 e. The summed E-state index contributed by atoms with van der Waals surface area (Å²) >= 11 is 1.45. The van der Waals surface area contributed by atoms with Crippen LogP contribution in [0.25, 0.3) is 0 Å². The van der Waals surface area contributed by atoms with Gasteiger partial charge in [0.05, 0.1) is 5.54 Å². The lowest BCUT2D eigenvalue weighted by molar-refractivity contribution is 0.0911. The molecule has 0 bridgehead atoms. The van der Waals surface area contributed by atoms with E-state index in [1.807, 2.05) is 19.2 Å². The Labute approximate surface area is 114 Å². The van der Waals surface area contributed by atoms with Crippen LogP contribution >= 0.6 is 11.3 Å². The Morgan fingerprint density at radius 1 is 1.26 bits per heavy atom. The van der Waals surface area contributed by atoms with E-state index in [4.69, 9.17) is 0 Å². The molecule has 0 aliphatic heterocycles. The summed E-state index contributed by atoms with van der Waals surface area (Å²) in [5.41, 5.74) is -0.422. The molecule has 0 saturated carbocycles. The van der Waals surface area contributed by atoms with Gasteiger partial charge in [-0.2, -0.15) is 0 Å². The molecule has 0 unspecified atom stereocenters. The van der Waals surface area contributed by atoms with E-state index >= 15 is 0 Å². The zero-order valence-electron chi connectivity index (χ0n) is 10.5. The molecule has 2 aromatic rings. The summed E-state index contributed by atoms with van der Waals surface area (Å²) in [4.78, 5) is 16.3. The summed E-state index contributed by atoms with van der Waals surface area (Å²) in [5, 5.41) is 24.2. The molecule has 0 saturated heterocycles. The van der Waals surface area contributed by atoms with Gasteiger partial charge in [-0.05, 0) is 26.0 Å². The Morgan fingerprint density at radius 3 is 2.42 bits per heavy atom. The number of hydrogen-bond donors (Lipinski definition) is 3. The van der Waals surface area contributed by atoms with E-state index in [1.165, 1.54) is 29.5 Å². The van der Waals surface area contributed by atoms with Crippen molar-refractivity contribution in [1.82, 2.24) is 10.3 Å². The minimum absolute atomic E-state index is 0.155. The topological polar surface area (TPSA) is 82.5 Å². The number of hydrogen-bond acceptors (Lipinski definition) is 5. The van der Waals surface area contributed by atoms with E-state index in [9.17, 15) is 15.0 Å². The lowest BCUT2D eigenvalue weighted by atomic mass is 10.1. The average Bonchev–Trinajstić information content (AvgIpc) is 2.80. The van der Waals surface area contributed by atoms with Crippen LogP contribution in [-0.4, -0.2) is 21.1 Å². The van der Waals surface area contributed by atoms with Crippen molar-refractivity contribution in [2.45, 2.75) is 19.4 Å². The maximum absolute atomic E-state index is 12.1. The molecule has 100 valence electrons. The van der Waals surface area contributed by atoms with Crippen LogP contribution in [0.15, 0.2) is 29.8 Å². The van der Waals surface area contributed by atoms with Gasteiger partial charge < -0.3 is 15.5 Å². The van der Waals surface area contributed by atoms with Gasteiger partial charge in [-0.25, -0.2) is 4.98 Å². The summed E-state index contributed by atoms with van der Waals surface area (Å²) in [5.74, 6) is -0.694. The van der Waals surface area contributed by atoms with Crippen LogP contribution in [0.1, 0.15) is 29.2 Å². The minimum atomic E-state index is -0.619. The van der Waals surface area contributed by atoms with E-state index in [0.717, 1.165) is 5.01 Å². The molecule has 19 heavy (non-hydrogen) atoms. The molecule has 1 aromatic heterocycles. The third-order valence-corrected chi connectivity index (χ3v) is 3.65. The predicted molar refractivity (Wildman–Crippen MR) is 72.4 cm³/mol. The van der Waals surface area contributed by atoms with Crippen molar-refractivity contribution < 1.29 is 15.0 Å². The van der Waals surface area contributed by atoms with E-state index in [1.54, 1.807) is 6.20 Å². The fourth-order valence-electron chi connectivity index (χ4n) is 1.67. The molecule has 0 aliphatic carbocycles. The normalized spacial score (nSPS) is 11.3. The molecule has 0 spiro atoms. The quantitative estimate of drug-likeness (QED) is 0.804. The third kappa shape index (κ3) is 3.03. The SMILES string of the molecule is CC(C)(NC(=O)c1cc(O)cc(O)c1)c1nccs1. The molecule has 1 aromatic carbocycles. The second-order valence-corrected chi connectivity index (χ2v) is 5.55. The summed E-state index contributed by atoms with van der Waals surface area (Å²) < 4.78 is 0. The monoisotopic (exact) mass is 278 g/mol. The number of phenols is 2. The maximum Gasteiger partial charge on any atom is 0.252 e. The number of thiazole rings is 1. The van der Waals surface area contributed by atoms with Crippen LogP contribution in [0, 0.1) is 0 Å². The van der Waals surface area contributed by atoms with Crippen LogP contribution in [0.5, 0.6) is 11.5 Å². The molecule has 0 fully saturated rings. The van der Waals surface area contributed by atoms with E-state index < -0.39 is 5.54 Å². The highest BCUT2D eigenvalue weighted by Crippen LogP contribution is 2.24. The number of carbonyl (C=O) groups excluding carboxylic acids is 1. The molecule has 0 aliphatic rings. The van der Waals surface area contributed by atoms with Gasteiger partial charge in [0, 0.05) is 23.2 Å². The number of amides is 1. The number of aromatic nitrogens is 1. The van der Waals surface area contributed by atoms with Gasteiger partial charge in [-0.3, -0.25) is 4.79 Å². The first-order chi connectivity index (χ1) is 8.88. The molecule has 2 rings (SSSR count). The van der Waals surface area contributed by atoms with Crippen molar-refractivity contribution >= 4 is 17.2 Å². The standard InChI is InChI=1S/C13H14N2O3S/c1-13(2,12-14-3-4-19-12)15-11(18)8-5-9(16)7-10(17)6-8/h3-7,16-17H,1-2H3,(H,15,18). The Hall–Kier alpha value is -2.08. The van der Waals surface area contributed by atoms with Gasteiger partial charge in [0.1, 0.15) is 16.5 Å². The maximum atomic E-state index is 12.1. The number of aromatic hydroxyl groups is 2. The number of rotatable bonds is 3. The molecular weight excluding hydrogens is 264 g/mol. The number of nitrogens with zero attached hydrogens (tertiary/aromatic N) is 1. The summed E-state index contributed by atoms with van der Waals surface area (Å²) in [6.07, 6.45) is 1.67. The zero-order valence-corrected chi connectivity index (χ0v) is 11.4. The van der Waals surface area contributed by atoms with Crippen LogP contribution in [0.3, 0.4) is 0 Å². The highest BCUT2D eigenvalue weighted by atomic mass is 32.1. The van der Waals surface area contributed by atoms with E-state index in [-0.39, 0.29) is 23.0 Å². The molecule has 6 heteroatoms. The molecular formula is C13H14N2O3S. The van der Waals surface area contributed by atoms with Crippen molar-refractivity contribution in [3.63, 3.8) is 0 Å². The van der Waals surface area contributed by atoms with Crippen LogP contribution in [-0.2, 0) is 5.54 Å². The van der Waals surface area contributed by atoms with Gasteiger partial charge in [-0.1, -0.05) is 0 Å². The molecule has 1 heterocycles. The van der Waals surface area contributed by atoms with Gasteiger partial charge in [0.15, 0.2) is 0 Å². The van der Waals surface area contributed by atoms with E-state index in [2.05, 4.69) is 10.3 Å². The fourth-order valence-corrected chi connectivity index (χ4v) is 2.39. The number of benzene rings is 1. The van der Waals surface area contributed by atoms with Crippen molar-refractivity contribution in [3.05, 3.63) is 40.3 Å². The Bertz CT molecular complexity index is 574. The first-order valence-electron chi connectivity index (χ1n) is 5.64. The zero-order chi connectivity index (χ0) is 14.0. The number of carbonyl (C=O) groups is 1. The van der Waals surface area contributed by atoms with Crippen molar-refractivity contribution in [1.29, 1.82) is 0 Å². The molecule has 1 amide bonds.